The Hall–Kier alpha value is -1.10. The second-order valence-electron chi connectivity index (χ2n) is 7.03. The molecule has 134 valence electrons. The Kier molecular flexibility index (Phi) is 7.08. The first kappa shape index (κ1) is 19.2. The van der Waals surface area contributed by atoms with Crippen molar-refractivity contribution in [1.82, 2.24) is 5.32 Å². The molecule has 0 spiro atoms. The molecule has 0 radical (unpaired) electrons. The van der Waals surface area contributed by atoms with Gasteiger partial charge in [-0.1, -0.05) is 49.6 Å². The summed E-state index contributed by atoms with van der Waals surface area (Å²) >= 11 is 0. The SMILES string of the molecule is Cl.NC1(C(=O)NCC2CCCOC2c2ccccc2)CCCCC1. The maximum Gasteiger partial charge on any atom is 0.240 e. The van der Waals surface area contributed by atoms with Crippen LogP contribution in [0, 0.1) is 5.92 Å². The van der Waals surface area contributed by atoms with Crippen LogP contribution in [0.25, 0.3) is 0 Å². The van der Waals surface area contributed by atoms with Gasteiger partial charge in [-0.15, -0.1) is 12.4 Å². The van der Waals surface area contributed by atoms with E-state index in [9.17, 15) is 4.79 Å². The van der Waals surface area contributed by atoms with Crippen LogP contribution in [0.3, 0.4) is 0 Å². The van der Waals surface area contributed by atoms with Crippen molar-refractivity contribution in [2.45, 2.75) is 56.6 Å². The zero-order chi connectivity index (χ0) is 16.1. The molecular weight excluding hydrogens is 324 g/mol. The Labute approximate surface area is 150 Å². The van der Waals surface area contributed by atoms with Gasteiger partial charge < -0.3 is 15.8 Å². The third kappa shape index (κ3) is 4.50. The molecule has 1 aliphatic carbocycles. The fraction of sp³-hybridized carbons (Fsp3) is 0.632. The van der Waals surface area contributed by atoms with E-state index in [1.54, 1.807) is 0 Å². The number of nitrogens with one attached hydrogen (secondary N) is 1. The third-order valence-corrected chi connectivity index (χ3v) is 5.30. The van der Waals surface area contributed by atoms with E-state index in [2.05, 4.69) is 17.4 Å². The van der Waals surface area contributed by atoms with Crippen molar-refractivity contribution < 1.29 is 9.53 Å². The minimum absolute atomic E-state index is 0. The Balaban J connectivity index is 0.00000208. The predicted molar refractivity (Wildman–Crippen MR) is 98.1 cm³/mol. The van der Waals surface area contributed by atoms with Gasteiger partial charge >= 0.3 is 0 Å². The minimum Gasteiger partial charge on any atom is -0.373 e. The van der Waals surface area contributed by atoms with Gasteiger partial charge in [0.25, 0.3) is 0 Å². The molecule has 4 nitrogen and oxygen atoms in total. The largest absolute Gasteiger partial charge is 0.373 e. The molecule has 3 N–H and O–H groups in total. The Morgan fingerprint density at radius 2 is 1.88 bits per heavy atom. The molecule has 1 heterocycles. The summed E-state index contributed by atoms with van der Waals surface area (Å²) in [5, 5.41) is 3.12. The normalized spacial score (nSPS) is 26.2. The van der Waals surface area contributed by atoms with Gasteiger partial charge in [0.05, 0.1) is 11.6 Å². The first-order valence-electron chi connectivity index (χ1n) is 8.93. The van der Waals surface area contributed by atoms with E-state index in [1.165, 1.54) is 12.0 Å². The number of rotatable bonds is 4. The van der Waals surface area contributed by atoms with Crippen molar-refractivity contribution in [3.8, 4) is 0 Å². The standard InChI is InChI=1S/C19H28N2O2.ClH/c20-19(11-5-2-6-12-19)18(22)21-14-16-10-7-13-23-17(16)15-8-3-1-4-9-15;/h1,3-4,8-9,16-17H,2,5-7,10-14,20H2,(H,21,22);1H. The molecule has 1 aromatic carbocycles. The summed E-state index contributed by atoms with van der Waals surface area (Å²) in [6.07, 6.45) is 7.13. The zero-order valence-corrected chi connectivity index (χ0v) is 15.0. The molecule has 1 aromatic rings. The van der Waals surface area contributed by atoms with E-state index in [0.29, 0.717) is 12.5 Å². The Bertz CT molecular complexity index is 517. The summed E-state index contributed by atoms with van der Waals surface area (Å²) in [6, 6.07) is 10.3. The Morgan fingerprint density at radius 3 is 2.58 bits per heavy atom. The van der Waals surface area contributed by atoms with Gasteiger partial charge in [-0.3, -0.25) is 4.79 Å². The number of carbonyl (C=O) groups is 1. The van der Waals surface area contributed by atoms with Crippen LogP contribution in [-0.2, 0) is 9.53 Å². The first-order valence-corrected chi connectivity index (χ1v) is 8.93. The third-order valence-electron chi connectivity index (χ3n) is 5.30. The van der Waals surface area contributed by atoms with Crippen LogP contribution in [0.2, 0.25) is 0 Å². The fourth-order valence-corrected chi connectivity index (χ4v) is 3.87. The molecule has 2 fully saturated rings. The maximum atomic E-state index is 12.5. The van der Waals surface area contributed by atoms with Gasteiger partial charge in [-0.2, -0.15) is 0 Å². The lowest BCUT2D eigenvalue weighted by atomic mass is 9.81. The van der Waals surface area contributed by atoms with Crippen LogP contribution in [0.15, 0.2) is 30.3 Å². The monoisotopic (exact) mass is 352 g/mol. The number of carbonyl (C=O) groups excluding carboxylic acids is 1. The highest BCUT2D eigenvalue weighted by atomic mass is 35.5. The van der Waals surface area contributed by atoms with E-state index < -0.39 is 5.54 Å². The zero-order valence-electron chi connectivity index (χ0n) is 14.2. The van der Waals surface area contributed by atoms with Gasteiger partial charge in [-0.05, 0) is 31.2 Å². The van der Waals surface area contributed by atoms with Crippen molar-refractivity contribution in [2.24, 2.45) is 11.7 Å². The van der Waals surface area contributed by atoms with Gasteiger partial charge in [0, 0.05) is 19.1 Å². The van der Waals surface area contributed by atoms with Crippen LogP contribution in [0.4, 0.5) is 0 Å². The highest BCUT2D eigenvalue weighted by molar-refractivity contribution is 5.86. The van der Waals surface area contributed by atoms with Crippen LogP contribution in [0.1, 0.15) is 56.6 Å². The molecule has 2 atom stereocenters. The van der Waals surface area contributed by atoms with Crippen molar-refractivity contribution in [2.75, 3.05) is 13.2 Å². The number of ether oxygens (including phenoxy) is 1. The number of hydrogen-bond acceptors (Lipinski definition) is 3. The molecule has 5 heteroatoms. The molecule has 0 bridgehead atoms. The van der Waals surface area contributed by atoms with E-state index in [0.717, 1.165) is 45.1 Å². The van der Waals surface area contributed by atoms with Gasteiger partial charge in [0.15, 0.2) is 0 Å². The summed E-state index contributed by atoms with van der Waals surface area (Å²) in [5.41, 5.74) is 6.86. The van der Waals surface area contributed by atoms with Crippen LogP contribution < -0.4 is 11.1 Å². The molecule has 1 amide bonds. The highest BCUT2D eigenvalue weighted by Crippen LogP contribution is 2.33. The molecule has 3 rings (SSSR count). The van der Waals surface area contributed by atoms with Gasteiger partial charge in [-0.25, -0.2) is 0 Å². The maximum absolute atomic E-state index is 12.5. The van der Waals surface area contributed by atoms with Crippen molar-refractivity contribution >= 4 is 18.3 Å². The highest BCUT2D eigenvalue weighted by Gasteiger charge is 2.36. The van der Waals surface area contributed by atoms with E-state index in [-0.39, 0.29) is 24.4 Å². The van der Waals surface area contributed by atoms with E-state index in [4.69, 9.17) is 10.5 Å². The van der Waals surface area contributed by atoms with Gasteiger partial charge in [0.2, 0.25) is 5.91 Å². The van der Waals surface area contributed by atoms with Gasteiger partial charge in [0.1, 0.15) is 0 Å². The van der Waals surface area contributed by atoms with E-state index in [1.807, 2.05) is 18.2 Å². The summed E-state index contributed by atoms with van der Waals surface area (Å²) in [6.45, 7) is 1.45. The topological polar surface area (TPSA) is 64.4 Å². The lowest BCUT2D eigenvalue weighted by molar-refractivity contribution is -0.128. The second kappa shape index (κ2) is 8.84. The lowest BCUT2D eigenvalue weighted by Crippen LogP contribution is -2.56. The summed E-state index contributed by atoms with van der Waals surface area (Å²) < 4.78 is 6.00. The van der Waals surface area contributed by atoms with Crippen molar-refractivity contribution in [3.05, 3.63) is 35.9 Å². The number of amides is 1. The van der Waals surface area contributed by atoms with Crippen molar-refractivity contribution in [1.29, 1.82) is 0 Å². The molecule has 1 saturated heterocycles. The summed E-state index contributed by atoms with van der Waals surface area (Å²) in [5.74, 6) is 0.344. The average molecular weight is 353 g/mol. The molecule has 2 aliphatic rings. The Morgan fingerprint density at radius 1 is 1.17 bits per heavy atom. The fourth-order valence-electron chi connectivity index (χ4n) is 3.87. The van der Waals surface area contributed by atoms with Crippen LogP contribution >= 0.6 is 12.4 Å². The molecule has 1 saturated carbocycles. The number of hydrogen-bond donors (Lipinski definition) is 2. The van der Waals surface area contributed by atoms with Crippen LogP contribution in [-0.4, -0.2) is 24.6 Å². The smallest absolute Gasteiger partial charge is 0.240 e. The molecule has 1 aliphatic heterocycles. The van der Waals surface area contributed by atoms with E-state index >= 15 is 0 Å². The number of halogens is 1. The predicted octanol–water partition coefficient (Wildman–Crippen LogP) is 3.35. The second-order valence-corrected chi connectivity index (χ2v) is 7.03. The first-order chi connectivity index (χ1) is 11.2. The number of nitrogens with two attached hydrogens (primary N) is 1. The molecule has 2 unspecified atom stereocenters. The quantitative estimate of drug-likeness (QED) is 0.873. The van der Waals surface area contributed by atoms with Crippen molar-refractivity contribution in [3.63, 3.8) is 0 Å². The minimum atomic E-state index is -0.657. The average Bonchev–Trinajstić information content (AvgIpc) is 2.61. The number of benzene rings is 1. The molecule has 0 aromatic heterocycles. The van der Waals surface area contributed by atoms with Crippen LogP contribution in [0.5, 0.6) is 0 Å². The lowest BCUT2D eigenvalue weighted by Gasteiger charge is -2.35. The molecular formula is C19H29ClN2O2. The molecule has 24 heavy (non-hydrogen) atoms. The summed E-state index contributed by atoms with van der Waals surface area (Å²) in [7, 11) is 0. The summed E-state index contributed by atoms with van der Waals surface area (Å²) in [4.78, 5) is 12.5.